The van der Waals surface area contributed by atoms with Crippen LogP contribution in [0.3, 0.4) is 0 Å². The number of hydrogen-bond donors (Lipinski definition) is 0. The summed E-state index contributed by atoms with van der Waals surface area (Å²) in [5, 5.41) is 0. The molecule has 0 radical (unpaired) electrons. The quantitative estimate of drug-likeness (QED) is 0.329. The van der Waals surface area contributed by atoms with Crippen LogP contribution in [0.15, 0.2) is 0 Å². The van der Waals surface area contributed by atoms with E-state index in [2.05, 4.69) is 0 Å². The third-order valence-electron chi connectivity index (χ3n) is 5.09. The van der Waals surface area contributed by atoms with Crippen molar-refractivity contribution in [3.63, 3.8) is 0 Å². The Hall–Kier alpha value is 0.319. The van der Waals surface area contributed by atoms with E-state index in [4.69, 9.17) is 27.3 Å². The number of carbonyl (C=O) groups is 2. The molecule has 7 heteroatoms. The van der Waals surface area contributed by atoms with Gasteiger partial charge in [0.1, 0.15) is 0 Å². The molecule has 0 aromatic heterocycles. The Morgan fingerprint density at radius 3 is 1.44 bits per heavy atom. The second-order valence-corrected chi connectivity index (χ2v) is 26.1. The van der Waals surface area contributed by atoms with E-state index in [0.29, 0.717) is 8.87 Å². The van der Waals surface area contributed by atoms with Gasteiger partial charge in [-0.15, -0.1) is 0 Å². The van der Waals surface area contributed by atoms with Crippen LogP contribution in [0, 0.1) is 0 Å². The fraction of sp³-hybridized carbons (Fsp3) is 0.889. The summed E-state index contributed by atoms with van der Waals surface area (Å²) in [4.78, 5) is 23.9. The maximum atomic E-state index is 12.0. The van der Waals surface area contributed by atoms with Crippen LogP contribution in [0.1, 0.15) is 77.0 Å². The molecule has 0 aliphatic heterocycles. The van der Waals surface area contributed by atoms with Crippen LogP contribution in [0.4, 0.5) is 0 Å². The van der Waals surface area contributed by atoms with Crippen LogP contribution in [0.2, 0.25) is 8.87 Å². The molecule has 0 bridgehead atoms. The molecule has 2 fully saturated rings. The summed E-state index contributed by atoms with van der Waals surface area (Å²) in [6.45, 7) is 0. The van der Waals surface area contributed by atoms with E-state index in [1.54, 1.807) is 0 Å². The maximum absolute atomic E-state index is 12.0. The van der Waals surface area contributed by atoms with Gasteiger partial charge in [0.05, 0.1) is 0 Å². The van der Waals surface area contributed by atoms with Gasteiger partial charge in [-0.2, -0.15) is 0 Å². The summed E-state index contributed by atoms with van der Waals surface area (Å²) in [5.41, 5.74) is 0. The van der Waals surface area contributed by atoms with Gasteiger partial charge in [-0.05, 0) is 0 Å². The first-order valence-corrected chi connectivity index (χ1v) is 21.0. The predicted octanol–water partition coefficient (Wildman–Crippen LogP) is 5.44. The van der Waals surface area contributed by atoms with Crippen molar-refractivity contribution < 1.29 is 19.1 Å². The Bertz CT molecular complexity index is 395. The van der Waals surface area contributed by atoms with Crippen molar-refractivity contribution in [1.82, 2.24) is 0 Å². The first-order chi connectivity index (χ1) is 11.9. The van der Waals surface area contributed by atoms with Gasteiger partial charge >= 0.3 is 163 Å². The third-order valence-corrected chi connectivity index (χ3v) is 15.8. The van der Waals surface area contributed by atoms with Crippen molar-refractivity contribution in [1.29, 1.82) is 0 Å². The first-order valence-electron chi connectivity index (χ1n) is 9.71. The summed E-state index contributed by atoms with van der Waals surface area (Å²) < 4.78 is 12.0. The molecular formula is C18H30Cl2O4Sn. The standard InChI is InChI=1S/2C9H15O2.2ClH.Sn/c2*1-2-9(10)11-8-6-4-3-5-7-8;;;/h2*8H,1-7H2;2*1H;/q;;;;+2/p-2. The molecule has 2 aliphatic rings. The molecule has 2 rings (SSSR count). The van der Waals surface area contributed by atoms with Crippen LogP contribution in [-0.4, -0.2) is 40.3 Å². The molecule has 2 saturated carbocycles. The van der Waals surface area contributed by atoms with Crippen LogP contribution in [0.25, 0.3) is 0 Å². The van der Waals surface area contributed by atoms with Gasteiger partial charge in [0, 0.05) is 0 Å². The van der Waals surface area contributed by atoms with Crippen molar-refractivity contribution in [2.24, 2.45) is 0 Å². The number of hydrogen-bond acceptors (Lipinski definition) is 4. The Morgan fingerprint density at radius 2 is 1.08 bits per heavy atom. The van der Waals surface area contributed by atoms with E-state index in [1.165, 1.54) is 12.8 Å². The van der Waals surface area contributed by atoms with E-state index < -0.39 is 16.1 Å². The van der Waals surface area contributed by atoms with Crippen LogP contribution < -0.4 is 0 Å². The van der Waals surface area contributed by atoms with E-state index in [-0.39, 0.29) is 37.0 Å². The Kier molecular flexibility index (Phi) is 9.71. The van der Waals surface area contributed by atoms with Crippen LogP contribution in [0.5, 0.6) is 0 Å². The fourth-order valence-electron chi connectivity index (χ4n) is 3.55. The van der Waals surface area contributed by atoms with Gasteiger partial charge in [0.15, 0.2) is 0 Å². The van der Waals surface area contributed by atoms with E-state index in [9.17, 15) is 9.59 Å². The minimum absolute atomic E-state index is 0.0713. The summed E-state index contributed by atoms with van der Waals surface area (Å²) in [7, 11) is 12.9. The fourth-order valence-corrected chi connectivity index (χ4v) is 10.1. The first kappa shape index (κ1) is 21.6. The summed E-state index contributed by atoms with van der Waals surface area (Å²) in [5.74, 6) is -0.391. The van der Waals surface area contributed by atoms with Crippen LogP contribution in [-0.2, 0) is 19.1 Å². The molecule has 0 spiro atoms. The van der Waals surface area contributed by atoms with Gasteiger partial charge < -0.3 is 0 Å². The molecule has 144 valence electrons. The SMILES string of the molecule is O=C(C[CH2][Sn]([Cl])([Cl])[CH2]CC(=O)OC1CCCCC1)OC1CCCCC1. The molecule has 2 aliphatic carbocycles. The summed E-state index contributed by atoms with van der Waals surface area (Å²) >= 11 is -3.39. The van der Waals surface area contributed by atoms with Gasteiger partial charge in [0.2, 0.25) is 0 Å². The van der Waals surface area contributed by atoms with E-state index in [1.807, 2.05) is 0 Å². The van der Waals surface area contributed by atoms with Crippen molar-refractivity contribution in [3.8, 4) is 0 Å². The summed E-state index contributed by atoms with van der Waals surface area (Å²) in [6, 6.07) is 0. The molecule has 0 aromatic rings. The molecule has 4 nitrogen and oxygen atoms in total. The molecular weight excluding hydrogens is 470 g/mol. The van der Waals surface area contributed by atoms with Gasteiger partial charge in [-0.1, -0.05) is 0 Å². The van der Waals surface area contributed by atoms with Gasteiger partial charge in [-0.25, -0.2) is 0 Å². The molecule has 0 saturated heterocycles. The average Bonchev–Trinajstić information content (AvgIpc) is 2.60. The van der Waals surface area contributed by atoms with Crippen molar-refractivity contribution in [3.05, 3.63) is 0 Å². The molecule has 0 amide bonds. The molecule has 0 unspecified atom stereocenters. The van der Waals surface area contributed by atoms with Crippen molar-refractivity contribution in [2.45, 2.75) is 98.1 Å². The van der Waals surface area contributed by atoms with Gasteiger partial charge in [-0.3, -0.25) is 0 Å². The second-order valence-electron chi connectivity index (χ2n) is 7.36. The Balaban J connectivity index is 1.61. The average molecular weight is 500 g/mol. The van der Waals surface area contributed by atoms with Gasteiger partial charge in [0.25, 0.3) is 0 Å². The molecule has 0 aromatic carbocycles. The monoisotopic (exact) mass is 500 g/mol. The molecule has 0 atom stereocenters. The third kappa shape index (κ3) is 9.18. The Morgan fingerprint density at radius 1 is 0.720 bits per heavy atom. The normalized spacial score (nSPS) is 20.2. The summed E-state index contributed by atoms with van der Waals surface area (Å²) in [6.07, 6.45) is 11.6. The predicted molar refractivity (Wildman–Crippen MR) is 102 cm³/mol. The number of esters is 2. The number of rotatable bonds is 8. The van der Waals surface area contributed by atoms with Crippen molar-refractivity contribution >= 4 is 45.9 Å². The number of carbonyl (C=O) groups excluding carboxylic acids is 2. The number of halogens is 2. The van der Waals surface area contributed by atoms with Crippen molar-refractivity contribution in [2.75, 3.05) is 0 Å². The zero-order valence-corrected chi connectivity index (χ0v) is 19.3. The number of ether oxygens (including phenoxy) is 2. The molecule has 0 heterocycles. The minimum atomic E-state index is -3.39. The molecule has 0 N–H and O–H groups in total. The van der Waals surface area contributed by atoms with E-state index in [0.717, 1.165) is 51.4 Å². The van der Waals surface area contributed by atoms with E-state index >= 15 is 0 Å². The zero-order chi connectivity index (χ0) is 18.1. The zero-order valence-electron chi connectivity index (χ0n) is 14.9. The molecule has 25 heavy (non-hydrogen) atoms. The second kappa shape index (κ2) is 11.2. The van der Waals surface area contributed by atoms with Crippen LogP contribution >= 0.6 is 17.8 Å². The topological polar surface area (TPSA) is 52.6 Å². The Labute approximate surface area is 162 Å².